The summed E-state index contributed by atoms with van der Waals surface area (Å²) in [6.07, 6.45) is 2.49. The van der Waals surface area contributed by atoms with Gasteiger partial charge in [0.25, 0.3) is 0 Å². The average Bonchev–Trinajstić information content (AvgIpc) is 2.28. The maximum Gasteiger partial charge on any atom is 0.238 e. The highest BCUT2D eigenvalue weighted by Crippen LogP contribution is 2.15. The molecule has 1 unspecified atom stereocenters. The number of hydrogen-bond acceptors (Lipinski definition) is 2. The summed E-state index contributed by atoms with van der Waals surface area (Å²) in [5.74, 6) is 0.806. The third kappa shape index (κ3) is 3.84. The minimum absolute atomic E-state index is 0.0923. The van der Waals surface area contributed by atoms with Gasteiger partial charge in [0.15, 0.2) is 0 Å². The fourth-order valence-electron chi connectivity index (χ4n) is 2.56. The predicted octanol–water partition coefficient (Wildman–Crippen LogP) is 2.67. The van der Waals surface area contributed by atoms with Crippen LogP contribution in [0.5, 0.6) is 0 Å². The summed E-state index contributed by atoms with van der Waals surface area (Å²) in [4.78, 5) is 14.2. The van der Waals surface area contributed by atoms with Gasteiger partial charge < -0.3 is 5.32 Å². The van der Waals surface area contributed by atoms with Gasteiger partial charge in [0.05, 0.1) is 6.54 Å². The normalized spacial score (nSPS) is 20.7. The summed E-state index contributed by atoms with van der Waals surface area (Å²) in [7, 11) is 0. The summed E-state index contributed by atoms with van der Waals surface area (Å²) >= 11 is 0. The Balaban J connectivity index is 1.85. The van der Waals surface area contributed by atoms with Crippen molar-refractivity contribution in [1.82, 2.24) is 4.90 Å². The number of nitrogens with zero attached hydrogens (tertiary/aromatic N) is 1. The Morgan fingerprint density at radius 1 is 1.50 bits per heavy atom. The van der Waals surface area contributed by atoms with Crippen LogP contribution in [0, 0.1) is 12.8 Å². The van der Waals surface area contributed by atoms with Gasteiger partial charge in [-0.05, 0) is 49.9 Å². The van der Waals surface area contributed by atoms with Gasteiger partial charge >= 0.3 is 0 Å². The number of likely N-dealkylation sites (tertiary alicyclic amines) is 1. The van der Waals surface area contributed by atoms with E-state index < -0.39 is 0 Å². The average molecular weight is 246 g/mol. The van der Waals surface area contributed by atoms with Gasteiger partial charge in [-0.3, -0.25) is 9.69 Å². The van der Waals surface area contributed by atoms with E-state index in [0.717, 1.165) is 18.8 Å². The minimum Gasteiger partial charge on any atom is -0.325 e. The highest BCUT2D eigenvalue weighted by molar-refractivity contribution is 5.92. The molecule has 1 aliphatic heterocycles. The lowest BCUT2D eigenvalue weighted by Crippen LogP contribution is -2.39. The van der Waals surface area contributed by atoms with E-state index in [2.05, 4.69) is 17.1 Å². The topological polar surface area (TPSA) is 32.3 Å². The maximum atomic E-state index is 11.9. The molecule has 18 heavy (non-hydrogen) atoms. The molecule has 3 nitrogen and oxygen atoms in total. The van der Waals surface area contributed by atoms with Crippen molar-refractivity contribution in [2.24, 2.45) is 5.92 Å². The van der Waals surface area contributed by atoms with Crippen molar-refractivity contribution >= 4 is 11.6 Å². The van der Waals surface area contributed by atoms with Gasteiger partial charge in [-0.2, -0.15) is 0 Å². The lowest BCUT2D eigenvalue weighted by atomic mass is 10.0. The van der Waals surface area contributed by atoms with Crippen LogP contribution in [0.3, 0.4) is 0 Å². The Morgan fingerprint density at radius 2 is 2.33 bits per heavy atom. The van der Waals surface area contributed by atoms with E-state index in [0.29, 0.717) is 12.5 Å². The molecule has 98 valence electrons. The molecule has 1 N–H and O–H groups in total. The van der Waals surface area contributed by atoms with Crippen LogP contribution in [0.1, 0.15) is 25.3 Å². The highest BCUT2D eigenvalue weighted by Gasteiger charge is 2.18. The molecule has 1 aromatic carbocycles. The van der Waals surface area contributed by atoms with Gasteiger partial charge in [0, 0.05) is 12.2 Å². The van der Waals surface area contributed by atoms with Crippen LogP contribution in [0.25, 0.3) is 0 Å². The summed E-state index contributed by atoms with van der Waals surface area (Å²) in [6, 6.07) is 7.93. The van der Waals surface area contributed by atoms with Gasteiger partial charge in [-0.1, -0.05) is 19.1 Å². The van der Waals surface area contributed by atoms with Crippen LogP contribution in [-0.2, 0) is 4.79 Å². The van der Waals surface area contributed by atoms with E-state index in [4.69, 9.17) is 0 Å². The number of anilines is 1. The van der Waals surface area contributed by atoms with Gasteiger partial charge in [0.1, 0.15) is 0 Å². The number of carbonyl (C=O) groups excluding carboxylic acids is 1. The second-order valence-corrected chi connectivity index (χ2v) is 5.40. The number of piperidine rings is 1. The van der Waals surface area contributed by atoms with E-state index in [1.165, 1.54) is 18.4 Å². The quantitative estimate of drug-likeness (QED) is 0.889. The third-order valence-electron chi connectivity index (χ3n) is 3.41. The maximum absolute atomic E-state index is 11.9. The molecular formula is C15H22N2O. The van der Waals surface area contributed by atoms with Crippen molar-refractivity contribution in [3.05, 3.63) is 29.8 Å². The first-order valence-corrected chi connectivity index (χ1v) is 6.72. The summed E-state index contributed by atoms with van der Waals surface area (Å²) in [5.41, 5.74) is 2.06. The van der Waals surface area contributed by atoms with Crippen molar-refractivity contribution in [2.45, 2.75) is 26.7 Å². The molecule has 1 fully saturated rings. The fraction of sp³-hybridized carbons (Fsp3) is 0.533. The monoisotopic (exact) mass is 246 g/mol. The predicted molar refractivity (Wildman–Crippen MR) is 74.6 cm³/mol. The third-order valence-corrected chi connectivity index (χ3v) is 3.41. The number of rotatable bonds is 3. The molecule has 0 bridgehead atoms. The fourth-order valence-corrected chi connectivity index (χ4v) is 2.56. The number of benzene rings is 1. The van der Waals surface area contributed by atoms with E-state index in [9.17, 15) is 4.79 Å². The smallest absolute Gasteiger partial charge is 0.238 e. The van der Waals surface area contributed by atoms with E-state index in [-0.39, 0.29) is 5.91 Å². The van der Waals surface area contributed by atoms with E-state index >= 15 is 0 Å². The van der Waals surface area contributed by atoms with E-state index in [1.807, 2.05) is 31.2 Å². The molecule has 0 saturated carbocycles. The zero-order valence-corrected chi connectivity index (χ0v) is 11.3. The molecule has 0 aromatic heterocycles. The Hall–Kier alpha value is -1.35. The second-order valence-electron chi connectivity index (χ2n) is 5.40. The van der Waals surface area contributed by atoms with Crippen LogP contribution in [-0.4, -0.2) is 30.4 Å². The molecule has 0 aliphatic carbocycles. The van der Waals surface area contributed by atoms with Gasteiger partial charge in [-0.25, -0.2) is 0 Å². The van der Waals surface area contributed by atoms with Crippen LogP contribution in [0.2, 0.25) is 0 Å². The van der Waals surface area contributed by atoms with Crippen molar-refractivity contribution in [3.63, 3.8) is 0 Å². The molecule has 1 heterocycles. The lowest BCUT2D eigenvalue weighted by molar-refractivity contribution is -0.117. The van der Waals surface area contributed by atoms with Crippen LogP contribution in [0.4, 0.5) is 5.69 Å². The first kappa shape index (κ1) is 13.1. The number of carbonyl (C=O) groups is 1. The molecule has 1 amide bonds. The van der Waals surface area contributed by atoms with Gasteiger partial charge in [0.2, 0.25) is 5.91 Å². The first-order valence-electron chi connectivity index (χ1n) is 6.72. The van der Waals surface area contributed by atoms with Crippen molar-refractivity contribution in [1.29, 1.82) is 0 Å². The summed E-state index contributed by atoms with van der Waals surface area (Å²) in [6.45, 7) is 6.89. The van der Waals surface area contributed by atoms with E-state index in [1.54, 1.807) is 0 Å². The molecular weight excluding hydrogens is 224 g/mol. The molecule has 1 aromatic rings. The molecule has 3 heteroatoms. The van der Waals surface area contributed by atoms with Crippen molar-refractivity contribution < 1.29 is 4.79 Å². The van der Waals surface area contributed by atoms with Crippen molar-refractivity contribution in [2.75, 3.05) is 25.0 Å². The first-order chi connectivity index (χ1) is 8.63. The largest absolute Gasteiger partial charge is 0.325 e. The second kappa shape index (κ2) is 6.01. The molecule has 0 spiro atoms. The van der Waals surface area contributed by atoms with Gasteiger partial charge in [-0.15, -0.1) is 0 Å². The van der Waals surface area contributed by atoms with Crippen molar-refractivity contribution in [3.8, 4) is 0 Å². The van der Waals surface area contributed by atoms with Crippen LogP contribution in [0.15, 0.2) is 24.3 Å². The number of hydrogen-bond donors (Lipinski definition) is 1. The number of amides is 1. The zero-order valence-electron chi connectivity index (χ0n) is 11.3. The standard InChI is InChI=1S/C15H22N2O/c1-12-5-3-7-14(9-12)16-15(18)11-17-8-4-6-13(2)10-17/h3,5,7,9,13H,4,6,8,10-11H2,1-2H3,(H,16,18). The summed E-state index contributed by atoms with van der Waals surface area (Å²) in [5, 5.41) is 2.96. The summed E-state index contributed by atoms with van der Waals surface area (Å²) < 4.78 is 0. The Kier molecular flexibility index (Phi) is 4.37. The Morgan fingerprint density at radius 3 is 3.06 bits per heavy atom. The SMILES string of the molecule is Cc1cccc(NC(=O)CN2CCCC(C)C2)c1. The molecule has 1 saturated heterocycles. The molecule has 1 atom stereocenters. The highest BCUT2D eigenvalue weighted by atomic mass is 16.2. The number of nitrogens with one attached hydrogen (secondary N) is 1. The van der Waals surface area contributed by atoms with Crippen LogP contribution < -0.4 is 5.32 Å². The molecule has 2 rings (SSSR count). The molecule has 1 aliphatic rings. The Labute approximate surface area is 109 Å². The lowest BCUT2D eigenvalue weighted by Gasteiger charge is -2.30. The number of aryl methyl sites for hydroxylation is 1. The minimum atomic E-state index is 0.0923. The van der Waals surface area contributed by atoms with Crippen LogP contribution >= 0.6 is 0 Å². The zero-order chi connectivity index (χ0) is 13.0. The molecule has 0 radical (unpaired) electrons. The Bertz CT molecular complexity index is 417.